The summed E-state index contributed by atoms with van der Waals surface area (Å²) in [6.45, 7) is 1.53. The molecule has 0 saturated carbocycles. The van der Waals surface area contributed by atoms with Crippen LogP contribution in [0.5, 0.6) is 0 Å². The second-order valence-corrected chi connectivity index (χ2v) is 8.30. The topological polar surface area (TPSA) is 61.9 Å². The first-order valence-electron chi connectivity index (χ1n) is 11.2. The molecule has 5 rings (SSSR count). The van der Waals surface area contributed by atoms with E-state index in [4.69, 9.17) is 0 Å². The van der Waals surface area contributed by atoms with Gasteiger partial charge in [-0.3, -0.25) is 14.3 Å². The lowest BCUT2D eigenvalue weighted by Crippen LogP contribution is -2.37. The van der Waals surface area contributed by atoms with Gasteiger partial charge in [0.05, 0.1) is 17.3 Å². The van der Waals surface area contributed by atoms with Gasteiger partial charge in [0, 0.05) is 36.7 Å². The largest absolute Gasteiger partial charge is 0.367 e. The Labute approximate surface area is 193 Å². The first-order valence-corrected chi connectivity index (χ1v) is 11.2. The van der Waals surface area contributed by atoms with Crippen molar-refractivity contribution in [1.29, 1.82) is 5.26 Å². The van der Waals surface area contributed by atoms with Crippen molar-refractivity contribution in [3.05, 3.63) is 113 Å². The van der Waals surface area contributed by atoms with Gasteiger partial charge in [0.1, 0.15) is 5.69 Å². The van der Waals surface area contributed by atoms with Gasteiger partial charge in [-0.25, -0.2) is 0 Å². The zero-order valence-electron chi connectivity index (χ0n) is 18.3. The minimum Gasteiger partial charge on any atom is -0.367 e. The Morgan fingerprint density at radius 1 is 0.909 bits per heavy atom. The number of hydrogen-bond acceptors (Lipinski definition) is 4. The first-order chi connectivity index (χ1) is 16.2. The second kappa shape index (κ2) is 9.13. The fourth-order valence-electron chi connectivity index (χ4n) is 4.63. The molecular formula is C28H24N4O. The summed E-state index contributed by atoms with van der Waals surface area (Å²) in [6, 6.07) is 27.7. The highest BCUT2D eigenvalue weighted by atomic mass is 16.1. The van der Waals surface area contributed by atoms with Crippen LogP contribution in [-0.4, -0.2) is 22.6 Å². The van der Waals surface area contributed by atoms with Crippen LogP contribution in [0.3, 0.4) is 0 Å². The van der Waals surface area contributed by atoms with Crippen molar-refractivity contribution in [2.45, 2.75) is 18.8 Å². The van der Waals surface area contributed by atoms with Crippen molar-refractivity contribution in [2.24, 2.45) is 0 Å². The number of rotatable bonds is 4. The smallest absolute Gasteiger partial charge is 0.278 e. The molecule has 162 valence electrons. The van der Waals surface area contributed by atoms with E-state index in [0.717, 1.165) is 54.0 Å². The molecule has 0 unspecified atom stereocenters. The van der Waals surface area contributed by atoms with Crippen LogP contribution in [0.15, 0.2) is 96.1 Å². The van der Waals surface area contributed by atoms with E-state index in [1.165, 1.54) is 0 Å². The summed E-state index contributed by atoms with van der Waals surface area (Å²) >= 11 is 0. The molecule has 0 amide bonds. The molecule has 1 fully saturated rings. The minimum atomic E-state index is -0.0308. The average Bonchev–Trinajstić information content (AvgIpc) is 2.90. The Morgan fingerprint density at radius 3 is 2.36 bits per heavy atom. The van der Waals surface area contributed by atoms with Crippen LogP contribution in [0.2, 0.25) is 0 Å². The SMILES string of the molecule is N#Cc1ccccc1C1CCN(c2cc(-c3ccccn3)cn(-c3ccccc3)c2=O)CC1. The van der Waals surface area contributed by atoms with E-state index in [-0.39, 0.29) is 5.56 Å². The number of hydrogen-bond donors (Lipinski definition) is 0. The van der Waals surface area contributed by atoms with Gasteiger partial charge in [-0.1, -0.05) is 42.5 Å². The summed E-state index contributed by atoms with van der Waals surface area (Å²) in [5.41, 5.74) is 5.10. The van der Waals surface area contributed by atoms with Crippen LogP contribution in [-0.2, 0) is 0 Å². The van der Waals surface area contributed by atoms with E-state index in [2.05, 4.69) is 22.0 Å². The van der Waals surface area contributed by atoms with Crippen molar-refractivity contribution < 1.29 is 0 Å². The zero-order chi connectivity index (χ0) is 22.6. The highest BCUT2D eigenvalue weighted by Crippen LogP contribution is 2.32. The third kappa shape index (κ3) is 4.16. The van der Waals surface area contributed by atoms with Gasteiger partial charge in [0.2, 0.25) is 0 Å². The number of pyridine rings is 2. The molecule has 0 spiro atoms. The Morgan fingerprint density at radius 2 is 1.64 bits per heavy atom. The summed E-state index contributed by atoms with van der Waals surface area (Å²) in [5.74, 6) is 0.326. The highest BCUT2D eigenvalue weighted by molar-refractivity contribution is 5.65. The van der Waals surface area contributed by atoms with E-state index < -0.39 is 0 Å². The molecule has 1 aliphatic rings. The molecule has 2 aromatic carbocycles. The van der Waals surface area contributed by atoms with Crippen LogP contribution in [0.4, 0.5) is 5.69 Å². The summed E-state index contributed by atoms with van der Waals surface area (Å²) < 4.78 is 1.72. The fourth-order valence-corrected chi connectivity index (χ4v) is 4.63. The molecule has 0 radical (unpaired) electrons. The quantitative estimate of drug-likeness (QED) is 0.447. The molecule has 1 saturated heterocycles. The predicted octanol–water partition coefficient (Wildman–Crippen LogP) is 5.16. The number of piperidine rings is 1. The average molecular weight is 433 g/mol. The summed E-state index contributed by atoms with van der Waals surface area (Å²) in [6.07, 6.45) is 5.44. The molecule has 33 heavy (non-hydrogen) atoms. The molecule has 0 aliphatic carbocycles. The van der Waals surface area contributed by atoms with E-state index in [1.54, 1.807) is 10.8 Å². The second-order valence-electron chi connectivity index (χ2n) is 8.30. The third-order valence-corrected chi connectivity index (χ3v) is 6.35. The monoisotopic (exact) mass is 432 g/mol. The molecule has 5 heteroatoms. The van der Waals surface area contributed by atoms with Gasteiger partial charge in [0.25, 0.3) is 5.56 Å². The number of nitrogens with zero attached hydrogens (tertiary/aromatic N) is 4. The number of anilines is 1. The Kier molecular flexibility index (Phi) is 5.73. The van der Waals surface area contributed by atoms with Crippen LogP contribution >= 0.6 is 0 Å². The summed E-state index contributed by atoms with van der Waals surface area (Å²) in [7, 11) is 0. The lowest BCUT2D eigenvalue weighted by molar-refractivity contribution is 0.503. The first kappa shape index (κ1) is 20.7. The van der Waals surface area contributed by atoms with Gasteiger partial charge in [-0.2, -0.15) is 5.26 Å². The Balaban J connectivity index is 1.51. The Bertz CT molecular complexity index is 1350. The van der Waals surface area contributed by atoms with Crippen molar-refractivity contribution >= 4 is 5.69 Å². The molecule has 2 aromatic heterocycles. The van der Waals surface area contributed by atoms with E-state index in [9.17, 15) is 10.1 Å². The van der Waals surface area contributed by atoms with Gasteiger partial charge < -0.3 is 4.90 Å². The Hall–Kier alpha value is -4.17. The molecule has 5 nitrogen and oxygen atoms in total. The summed E-state index contributed by atoms with van der Waals surface area (Å²) in [4.78, 5) is 20.2. The van der Waals surface area contributed by atoms with Crippen LogP contribution in [0, 0.1) is 11.3 Å². The summed E-state index contributed by atoms with van der Waals surface area (Å²) in [5, 5.41) is 9.48. The van der Waals surface area contributed by atoms with Crippen LogP contribution < -0.4 is 10.5 Å². The lowest BCUT2D eigenvalue weighted by atomic mass is 9.86. The van der Waals surface area contributed by atoms with Gasteiger partial charge >= 0.3 is 0 Å². The van der Waals surface area contributed by atoms with Crippen molar-refractivity contribution in [3.63, 3.8) is 0 Å². The standard InChI is InChI=1S/C28H24N4O/c29-19-22-8-4-5-11-25(22)21-13-16-31(17-14-21)27-18-23(26-12-6-7-15-30-26)20-32(28(27)33)24-9-2-1-3-10-24/h1-12,15,18,20-21H,13-14,16-17H2. The van der Waals surface area contributed by atoms with E-state index in [0.29, 0.717) is 11.6 Å². The lowest BCUT2D eigenvalue weighted by Gasteiger charge is -2.34. The van der Waals surface area contributed by atoms with Gasteiger partial charge in [-0.15, -0.1) is 0 Å². The number of nitriles is 1. The highest BCUT2D eigenvalue weighted by Gasteiger charge is 2.25. The van der Waals surface area contributed by atoms with Crippen molar-refractivity contribution in [1.82, 2.24) is 9.55 Å². The van der Waals surface area contributed by atoms with Gasteiger partial charge in [-0.05, 0) is 60.7 Å². The fraction of sp³-hybridized carbons (Fsp3) is 0.179. The van der Waals surface area contributed by atoms with Gasteiger partial charge in [0.15, 0.2) is 0 Å². The number of aromatic nitrogens is 2. The van der Waals surface area contributed by atoms with Crippen LogP contribution in [0.1, 0.15) is 29.9 Å². The van der Waals surface area contributed by atoms with Crippen LogP contribution in [0.25, 0.3) is 16.9 Å². The number of para-hydroxylation sites is 1. The molecular weight excluding hydrogens is 408 g/mol. The minimum absolute atomic E-state index is 0.0308. The van der Waals surface area contributed by atoms with E-state index >= 15 is 0 Å². The van der Waals surface area contributed by atoms with E-state index in [1.807, 2.05) is 79.0 Å². The predicted molar refractivity (Wildman–Crippen MR) is 131 cm³/mol. The van der Waals surface area contributed by atoms with Crippen molar-refractivity contribution in [2.75, 3.05) is 18.0 Å². The molecule has 1 aliphatic heterocycles. The molecule has 4 aromatic rings. The molecule has 0 atom stereocenters. The maximum Gasteiger partial charge on any atom is 0.278 e. The van der Waals surface area contributed by atoms with Crippen molar-refractivity contribution in [3.8, 4) is 23.0 Å². The molecule has 3 heterocycles. The molecule has 0 N–H and O–H groups in total. The third-order valence-electron chi connectivity index (χ3n) is 6.35. The maximum absolute atomic E-state index is 13.6. The normalized spacial score (nSPS) is 14.1. The number of benzene rings is 2. The maximum atomic E-state index is 13.6. The molecule has 0 bridgehead atoms. The zero-order valence-corrected chi connectivity index (χ0v) is 18.3.